The Bertz CT molecular complexity index is 1230. The molecule has 2 aromatic heterocycles. The van der Waals surface area contributed by atoms with Crippen molar-refractivity contribution in [2.45, 2.75) is 25.9 Å². The van der Waals surface area contributed by atoms with E-state index in [0.29, 0.717) is 29.7 Å². The maximum atomic E-state index is 14.1. The summed E-state index contributed by atoms with van der Waals surface area (Å²) in [5, 5.41) is 8.04. The van der Waals surface area contributed by atoms with Crippen LogP contribution in [0.25, 0.3) is 28.3 Å². The van der Waals surface area contributed by atoms with Gasteiger partial charge in [-0.2, -0.15) is 18.3 Å². The molecule has 1 aliphatic rings. The summed E-state index contributed by atoms with van der Waals surface area (Å²) >= 11 is 0. The largest absolute Gasteiger partial charge is 0.434 e. The van der Waals surface area contributed by atoms with Gasteiger partial charge in [-0.15, -0.1) is 0 Å². The maximum absolute atomic E-state index is 14.1. The van der Waals surface area contributed by atoms with Gasteiger partial charge in [-0.3, -0.25) is 4.79 Å². The first kappa shape index (κ1) is 20.6. The van der Waals surface area contributed by atoms with E-state index in [4.69, 9.17) is 4.52 Å². The Labute approximate surface area is 176 Å². The molecule has 0 radical (unpaired) electrons. The average Bonchev–Trinajstić information content (AvgIpc) is 3.38. The lowest BCUT2D eigenvalue weighted by Gasteiger charge is -2.16. The number of nitrogens with zero attached hydrogens (tertiary/aromatic N) is 3. The zero-order chi connectivity index (χ0) is 22.2. The van der Waals surface area contributed by atoms with Crippen molar-refractivity contribution in [2.24, 2.45) is 0 Å². The fourth-order valence-corrected chi connectivity index (χ4v) is 3.75. The van der Waals surface area contributed by atoms with Gasteiger partial charge in [0, 0.05) is 16.7 Å². The number of carbonyl (C=O) groups is 1. The molecule has 1 aliphatic carbocycles. The number of carbonyl (C=O) groups excluding carboxylic acids is 1. The molecule has 0 saturated heterocycles. The number of halogens is 3. The number of aryl methyl sites for hydroxylation is 1. The first-order valence-electron chi connectivity index (χ1n) is 9.57. The molecule has 0 amide bonds. The molecule has 3 aromatic rings. The number of benzene rings is 1. The normalized spacial score (nSPS) is 13.9. The van der Waals surface area contributed by atoms with E-state index < -0.39 is 11.9 Å². The van der Waals surface area contributed by atoms with E-state index in [1.54, 1.807) is 37.3 Å². The van der Waals surface area contributed by atoms with Crippen LogP contribution in [-0.2, 0) is 19.0 Å². The lowest BCUT2D eigenvalue weighted by atomic mass is 9.87. The third kappa shape index (κ3) is 3.54. The van der Waals surface area contributed by atoms with Gasteiger partial charge in [-0.05, 0) is 43.5 Å². The number of allylic oxidation sites excluding steroid dienone is 5. The van der Waals surface area contributed by atoms with Gasteiger partial charge in [0.1, 0.15) is 12.0 Å². The fraction of sp³-hybridized carbons (Fsp3) is 0.174. The highest BCUT2D eigenvalue weighted by molar-refractivity contribution is 5.82. The molecule has 0 N–H and O–H groups in total. The van der Waals surface area contributed by atoms with Crippen LogP contribution in [-0.4, -0.2) is 21.2 Å². The van der Waals surface area contributed by atoms with Crippen molar-refractivity contribution in [3.63, 3.8) is 0 Å². The lowest BCUT2D eigenvalue weighted by Crippen LogP contribution is -2.15. The molecule has 158 valence electrons. The van der Waals surface area contributed by atoms with Gasteiger partial charge in [0.15, 0.2) is 11.5 Å². The summed E-state index contributed by atoms with van der Waals surface area (Å²) in [6.45, 7) is 5.36. The molecule has 31 heavy (non-hydrogen) atoms. The Morgan fingerprint density at radius 1 is 1.26 bits per heavy atom. The first-order chi connectivity index (χ1) is 14.9. The Balaban J connectivity index is 1.88. The Morgan fingerprint density at radius 2 is 2.06 bits per heavy atom. The summed E-state index contributed by atoms with van der Waals surface area (Å²) in [4.78, 5) is 11.0. The van der Waals surface area contributed by atoms with Crippen LogP contribution in [0.3, 0.4) is 0 Å². The average molecular weight is 425 g/mol. The van der Waals surface area contributed by atoms with Crippen molar-refractivity contribution in [3.8, 4) is 22.6 Å². The minimum absolute atomic E-state index is 0.0492. The van der Waals surface area contributed by atoms with Crippen molar-refractivity contribution in [2.75, 3.05) is 0 Å². The summed E-state index contributed by atoms with van der Waals surface area (Å²) in [7, 11) is 0. The number of aromatic nitrogens is 3. The van der Waals surface area contributed by atoms with Crippen molar-refractivity contribution in [3.05, 3.63) is 77.7 Å². The quantitative estimate of drug-likeness (QED) is 0.386. The molecular formula is C23H18F3N3O2. The van der Waals surface area contributed by atoms with Crippen molar-refractivity contribution >= 4 is 12.0 Å². The number of hydrogen-bond acceptors (Lipinski definition) is 4. The summed E-state index contributed by atoms with van der Waals surface area (Å²) in [5.74, 6) is 0.0492. The molecule has 0 aliphatic heterocycles. The Hall–Kier alpha value is -3.68. The molecule has 8 heteroatoms. The predicted octanol–water partition coefficient (Wildman–Crippen LogP) is 5.74. The molecule has 0 bridgehead atoms. The van der Waals surface area contributed by atoms with Crippen LogP contribution in [0.15, 0.2) is 59.8 Å². The minimum Gasteiger partial charge on any atom is -0.355 e. The summed E-state index contributed by atoms with van der Waals surface area (Å²) in [6.07, 6.45) is 4.32. The van der Waals surface area contributed by atoms with Gasteiger partial charge in [-0.25, -0.2) is 4.68 Å². The van der Waals surface area contributed by atoms with Gasteiger partial charge >= 0.3 is 6.18 Å². The first-order valence-corrected chi connectivity index (χ1v) is 9.57. The third-order valence-corrected chi connectivity index (χ3v) is 5.15. The molecule has 0 fully saturated rings. The number of alkyl halides is 3. The smallest absolute Gasteiger partial charge is 0.355 e. The van der Waals surface area contributed by atoms with E-state index in [9.17, 15) is 18.0 Å². The Morgan fingerprint density at radius 3 is 2.74 bits per heavy atom. The number of aldehydes is 1. The van der Waals surface area contributed by atoms with Crippen LogP contribution < -0.4 is 0 Å². The van der Waals surface area contributed by atoms with Crippen LogP contribution >= 0.6 is 0 Å². The molecule has 1 aromatic carbocycles. The SMILES string of the molecule is C=C/C(=C\C=C/C)n1ncc(-c2onc3c2CCc2cc(C=O)ccc2-3)c1C(F)(F)F. The van der Waals surface area contributed by atoms with E-state index in [0.717, 1.165) is 28.3 Å². The van der Waals surface area contributed by atoms with Crippen LogP contribution in [0.2, 0.25) is 0 Å². The Kier molecular flexibility index (Phi) is 5.22. The molecule has 4 rings (SSSR count). The van der Waals surface area contributed by atoms with Gasteiger partial charge in [0.25, 0.3) is 0 Å². The van der Waals surface area contributed by atoms with Gasteiger partial charge in [-0.1, -0.05) is 36.0 Å². The van der Waals surface area contributed by atoms with Crippen molar-refractivity contribution in [1.82, 2.24) is 14.9 Å². The van der Waals surface area contributed by atoms with Crippen LogP contribution in [0.5, 0.6) is 0 Å². The molecule has 2 heterocycles. The van der Waals surface area contributed by atoms with Crippen LogP contribution in [0.1, 0.15) is 34.1 Å². The van der Waals surface area contributed by atoms with Crippen LogP contribution in [0, 0.1) is 0 Å². The molecule has 0 spiro atoms. The fourth-order valence-electron chi connectivity index (χ4n) is 3.75. The zero-order valence-electron chi connectivity index (χ0n) is 16.6. The van der Waals surface area contributed by atoms with Crippen LogP contribution in [0.4, 0.5) is 13.2 Å². The highest BCUT2D eigenvalue weighted by Crippen LogP contribution is 2.43. The van der Waals surface area contributed by atoms with Crippen molar-refractivity contribution < 1.29 is 22.5 Å². The molecule has 0 atom stereocenters. The van der Waals surface area contributed by atoms with E-state index >= 15 is 0 Å². The number of rotatable bonds is 5. The highest BCUT2D eigenvalue weighted by Gasteiger charge is 2.41. The minimum atomic E-state index is -4.69. The molecular weight excluding hydrogens is 407 g/mol. The maximum Gasteiger partial charge on any atom is 0.434 e. The van der Waals surface area contributed by atoms with E-state index in [1.807, 2.05) is 0 Å². The van der Waals surface area contributed by atoms with E-state index in [1.165, 1.54) is 12.2 Å². The third-order valence-electron chi connectivity index (χ3n) is 5.15. The number of fused-ring (bicyclic) bond motifs is 3. The van der Waals surface area contributed by atoms with E-state index in [2.05, 4.69) is 16.8 Å². The standard InChI is InChI=1S/C23H18F3N3O2/c1-3-5-6-16(4-2)29-22(23(24,25)26)19(12-27-29)21-18-10-8-15-11-14(13-30)7-9-17(15)20(18)28-31-21/h3-7,9,11-13H,2,8,10H2,1H3/b5-3-,16-6+. The second-order valence-electron chi connectivity index (χ2n) is 7.01. The summed E-state index contributed by atoms with van der Waals surface area (Å²) < 4.78 is 48.5. The second-order valence-corrected chi connectivity index (χ2v) is 7.01. The van der Waals surface area contributed by atoms with Gasteiger partial charge in [0.2, 0.25) is 0 Å². The predicted molar refractivity (Wildman–Crippen MR) is 110 cm³/mol. The molecule has 0 unspecified atom stereocenters. The van der Waals surface area contributed by atoms with E-state index in [-0.39, 0.29) is 17.0 Å². The summed E-state index contributed by atoms with van der Waals surface area (Å²) in [5.41, 5.74) is 2.33. The van der Waals surface area contributed by atoms with Gasteiger partial charge in [0.05, 0.1) is 17.5 Å². The topological polar surface area (TPSA) is 60.9 Å². The monoisotopic (exact) mass is 425 g/mol. The lowest BCUT2D eigenvalue weighted by molar-refractivity contribution is -0.142. The molecule has 0 saturated carbocycles. The summed E-state index contributed by atoms with van der Waals surface area (Å²) in [6, 6.07) is 5.16. The highest BCUT2D eigenvalue weighted by atomic mass is 19.4. The number of hydrogen-bond donors (Lipinski definition) is 0. The zero-order valence-corrected chi connectivity index (χ0v) is 16.6. The second kappa shape index (κ2) is 7.86. The van der Waals surface area contributed by atoms with Gasteiger partial charge < -0.3 is 4.52 Å². The molecule has 5 nitrogen and oxygen atoms in total. The van der Waals surface area contributed by atoms with Crippen molar-refractivity contribution in [1.29, 1.82) is 0 Å².